The first-order chi connectivity index (χ1) is 18.7. The van der Waals surface area contributed by atoms with Crippen LogP contribution in [0.25, 0.3) is 16.7 Å². The second-order valence-corrected chi connectivity index (χ2v) is 11.0. The standard InChI is InChI=1S/C26H20F6N4O3S/c27-25(28,29)18-13-19(26(30,31)32)15-21(14-18)40(38,39)35-11-9-34(10-12-35)24(37)17-5-7-20(8-6-17)36-16-33-22-3-1-2-4-23(22)36/h1-8,13-16H,9-12H2. The second-order valence-electron chi connectivity index (χ2n) is 9.09. The minimum atomic E-state index is -5.18. The van der Waals surface area contributed by atoms with Gasteiger partial charge in [0.15, 0.2) is 0 Å². The van der Waals surface area contributed by atoms with Crippen molar-refractivity contribution in [1.82, 2.24) is 18.8 Å². The van der Waals surface area contributed by atoms with Crippen molar-refractivity contribution in [2.45, 2.75) is 17.2 Å². The third-order valence-electron chi connectivity index (χ3n) is 6.57. The van der Waals surface area contributed by atoms with E-state index < -0.39 is 44.3 Å². The number of hydrogen-bond acceptors (Lipinski definition) is 4. The number of para-hydroxylation sites is 2. The summed E-state index contributed by atoms with van der Waals surface area (Å²) < 4.78 is 108. The topological polar surface area (TPSA) is 75.5 Å². The summed E-state index contributed by atoms with van der Waals surface area (Å²) in [5.41, 5.74) is -0.668. The first-order valence-electron chi connectivity index (χ1n) is 11.9. The quantitative estimate of drug-likeness (QED) is 0.310. The van der Waals surface area contributed by atoms with Gasteiger partial charge in [0, 0.05) is 37.4 Å². The van der Waals surface area contributed by atoms with E-state index in [4.69, 9.17) is 0 Å². The van der Waals surface area contributed by atoms with E-state index in [1.54, 1.807) is 30.6 Å². The highest BCUT2D eigenvalue weighted by Crippen LogP contribution is 2.38. The van der Waals surface area contributed by atoms with Crippen LogP contribution in [0, 0.1) is 0 Å². The molecule has 0 atom stereocenters. The Kier molecular flexibility index (Phi) is 6.86. The molecule has 5 rings (SSSR count). The van der Waals surface area contributed by atoms with E-state index in [2.05, 4.69) is 4.98 Å². The molecule has 3 aromatic carbocycles. The maximum Gasteiger partial charge on any atom is 0.416 e. The van der Waals surface area contributed by atoms with Crippen molar-refractivity contribution in [3.63, 3.8) is 0 Å². The lowest BCUT2D eigenvalue weighted by atomic mass is 10.1. The van der Waals surface area contributed by atoms with Crippen molar-refractivity contribution in [3.05, 3.63) is 89.7 Å². The third-order valence-corrected chi connectivity index (χ3v) is 8.45. The lowest BCUT2D eigenvalue weighted by Crippen LogP contribution is -2.50. The molecule has 0 unspecified atom stereocenters. The van der Waals surface area contributed by atoms with E-state index in [1.807, 2.05) is 28.8 Å². The summed E-state index contributed by atoms with van der Waals surface area (Å²) >= 11 is 0. The molecule has 0 aliphatic carbocycles. The minimum absolute atomic E-state index is 0.100. The van der Waals surface area contributed by atoms with Crippen LogP contribution in [0.2, 0.25) is 0 Å². The number of alkyl halides is 6. The van der Waals surface area contributed by atoms with Crippen molar-refractivity contribution in [1.29, 1.82) is 0 Å². The van der Waals surface area contributed by atoms with Crippen molar-refractivity contribution < 1.29 is 39.6 Å². The summed E-state index contributed by atoms with van der Waals surface area (Å²) in [4.78, 5) is 17.6. The molecule has 0 spiro atoms. The van der Waals surface area contributed by atoms with Gasteiger partial charge in [0.1, 0.15) is 6.33 Å². The number of benzene rings is 3. The molecule has 1 fully saturated rings. The monoisotopic (exact) mass is 582 g/mol. The number of halogens is 6. The molecular formula is C26H20F6N4O3S. The fourth-order valence-corrected chi connectivity index (χ4v) is 5.96. The molecular weight excluding hydrogens is 562 g/mol. The fraction of sp³-hybridized carbons (Fsp3) is 0.231. The Hall–Kier alpha value is -3.91. The van der Waals surface area contributed by atoms with E-state index in [0.717, 1.165) is 21.0 Å². The lowest BCUT2D eigenvalue weighted by Gasteiger charge is -2.34. The van der Waals surface area contributed by atoms with E-state index >= 15 is 0 Å². The summed E-state index contributed by atoms with van der Waals surface area (Å²) in [6.45, 7) is -0.802. The van der Waals surface area contributed by atoms with E-state index in [-0.39, 0.29) is 44.4 Å². The molecule has 0 saturated carbocycles. The Labute approximate surface area is 224 Å². The van der Waals surface area contributed by atoms with Crippen LogP contribution >= 0.6 is 0 Å². The van der Waals surface area contributed by atoms with Crippen LogP contribution in [0.3, 0.4) is 0 Å². The Morgan fingerprint density at radius 3 is 1.93 bits per heavy atom. The third kappa shape index (κ3) is 5.28. The number of hydrogen-bond donors (Lipinski definition) is 0. The molecule has 0 radical (unpaired) electrons. The molecule has 0 N–H and O–H groups in total. The zero-order chi connectivity index (χ0) is 28.9. The number of aromatic nitrogens is 2. The Bertz CT molecular complexity index is 1640. The number of amides is 1. The van der Waals surface area contributed by atoms with Crippen LogP contribution in [0.15, 0.2) is 78.0 Å². The minimum Gasteiger partial charge on any atom is -0.336 e. The number of nitrogens with zero attached hydrogens (tertiary/aromatic N) is 4. The molecule has 0 bridgehead atoms. The highest BCUT2D eigenvalue weighted by atomic mass is 32.2. The summed E-state index contributed by atoms with van der Waals surface area (Å²) in [5, 5.41) is 0. The van der Waals surface area contributed by atoms with E-state index in [0.29, 0.717) is 5.56 Å². The highest BCUT2D eigenvalue weighted by Gasteiger charge is 2.39. The average Bonchev–Trinajstić information content (AvgIpc) is 3.36. The molecule has 1 aliphatic heterocycles. The summed E-state index contributed by atoms with van der Waals surface area (Å²) in [5.74, 6) is -0.391. The van der Waals surface area contributed by atoms with Gasteiger partial charge in [-0.3, -0.25) is 9.36 Å². The number of fused-ring (bicyclic) bond motifs is 1. The summed E-state index contributed by atoms with van der Waals surface area (Å²) in [6, 6.07) is 14.4. The van der Waals surface area contributed by atoms with Crippen LogP contribution in [0.5, 0.6) is 0 Å². The molecule has 2 heterocycles. The molecule has 4 aromatic rings. The average molecular weight is 583 g/mol. The molecule has 1 aromatic heterocycles. The number of carbonyl (C=O) groups excluding carboxylic acids is 1. The van der Waals surface area contributed by atoms with Crippen LogP contribution < -0.4 is 0 Å². The van der Waals surface area contributed by atoms with Gasteiger partial charge in [-0.1, -0.05) is 12.1 Å². The Balaban J connectivity index is 1.31. The van der Waals surface area contributed by atoms with Crippen LogP contribution in [0.4, 0.5) is 26.3 Å². The maximum absolute atomic E-state index is 13.2. The van der Waals surface area contributed by atoms with Gasteiger partial charge in [-0.2, -0.15) is 30.6 Å². The number of sulfonamides is 1. The molecule has 1 amide bonds. The van der Waals surface area contributed by atoms with Crippen molar-refractivity contribution in [2.24, 2.45) is 0 Å². The summed E-state index contributed by atoms with van der Waals surface area (Å²) in [6.07, 6.45) is -8.71. The first-order valence-corrected chi connectivity index (χ1v) is 13.3. The molecule has 210 valence electrons. The zero-order valence-corrected chi connectivity index (χ0v) is 21.3. The lowest BCUT2D eigenvalue weighted by molar-refractivity contribution is -0.143. The van der Waals surface area contributed by atoms with Crippen LogP contribution in [-0.4, -0.2) is 59.3 Å². The first kappa shape index (κ1) is 27.6. The van der Waals surface area contributed by atoms with Crippen molar-refractivity contribution >= 4 is 27.0 Å². The zero-order valence-electron chi connectivity index (χ0n) is 20.4. The Morgan fingerprint density at radius 1 is 0.775 bits per heavy atom. The van der Waals surface area contributed by atoms with Gasteiger partial charge in [0.25, 0.3) is 5.91 Å². The smallest absolute Gasteiger partial charge is 0.336 e. The van der Waals surface area contributed by atoms with Gasteiger partial charge in [0.2, 0.25) is 10.0 Å². The number of piperazine rings is 1. The molecule has 7 nitrogen and oxygen atoms in total. The van der Waals surface area contributed by atoms with Crippen molar-refractivity contribution in [2.75, 3.05) is 26.2 Å². The van der Waals surface area contributed by atoms with E-state index in [1.165, 1.54) is 4.90 Å². The maximum atomic E-state index is 13.2. The highest BCUT2D eigenvalue weighted by molar-refractivity contribution is 7.89. The van der Waals surface area contributed by atoms with Crippen LogP contribution in [0.1, 0.15) is 21.5 Å². The predicted octanol–water partition coefficient (Wildman–Crippen LogP) is 5.21. The molecule has 1 aliphatic rings. The second kappa shape index (κ2) is 9.93. The SMILES string of the molecule is O=C(c1ccc(-n2cnc3ccccc32)cc1)N1CCN(S(=O)(=O)c2cc(C(F)(F)F)cc(C(F)(F)F)c2)CC1. The van der Waals surface area contributed by atoms with Gasteiger partial charge in [-0.25, -0.2) is 13.4 Å². The van der Waals surface area contributed by atoms with Gasteiger partial charge < -0.3 is 4.90 Å². The van der Waals surface area contributed by atoms with Gasteiger partial charge in [0.05, 0.1) is 27.1 Å². The number of rotatable bonds is 4. The number of imidazole rings is 1. The molecule has 14 heteroatoms. The normalized spacial score (nSPS) is 15.5. The van der Waals surface area contributed by atoms with Crippen molar-refractivity contribution in [3.8, 4) is 5.69 Å². The van der Waals surface area contributed by atoms with Crippen LogP contribution in [-0.2, 0) is 22.4 Å². The van der Waals surface area contributed by atoms with Gasteiger partial charge in [-0.15, -0.1) is 0 Å². The molecule has 40 heavy (non-hydrogen) atoms. The molecule has 1 saturated heterocycles. The summed E-state index contributed by atoms with van der Waals surface area (Å²) in [7, 11) is -4.70. The largest absolute Gasteiger partial charge is 0.416 e. The fourth-order valence-electron chi connectivity index (χ4n) is 4.47. The van der Waals surface area contributed by atoms with Gasteiger partial charge >= 0.3 is 12.4 Å². The van der Waals surface area contributed by atoms with E-state index in [9.17, 15) is 39.6 Å². The predicted molar refractivity (Wildman–Crippen MR) is 132 cm³/mol. The Morgan fingerprint density at radius 2 is 1.35 bits per heavy atom. The number of carbonyl (C=O) groups is 1. The van der Waals surface area contributed by atoms with Gasteiger partial charge in [-0.05, 0) is 54.6 Å².